The molecule has 90 valence electrons. The van der Waals surface area contributed by atoms with Gasteiger partial charge in [0.2, 0.25) is 5.91 Å². The first-order chi connectivity index (χ1) is 8.02. The van der Waals surface area contributed by atoms with Crippen LogP contribution < -0.4 is 11.1 Å². The van der Waals surface area contributed by atoms with Gasteiger partial charge in [-0.3, -0.25) is 4.79 Å². The van der Waals surface area contributed by atoms with Gasteiger partial charge in [-0.15, -0.1) is 0 Å². The average molecular weight is 235 g/mol. The summed E-state index contributed by atoms with van der Waals surface area (Å²) in [6.45, 7) is 2.10. The molecule has 0 bridgehead atoms. The molecule has 1 unspecified atom stereocenters. The fourth-order valence-corrected chi connectivity index (χ4v) is 1.42. The highest BCUT2D eigenvalue weighted by molar-refractivity contribution is 5.74. The van der Waals surface area contributed by atoms with Crippen molar-refractivity contribution in [1.82, 2.24) is 5.32 Å². The highest BCUT2D eigenvalue weighted by Gasteiger charge is 2.08. The van der Waals surface area contributed by atoms with Crippen molar-refractivity contribution in [2.75, 3.05) is 0 Å². The number of nitrogens with zero attached hydrogens (tertiary/aromatic N) is 1. The van der Waals surface area contributed by atoms with Crippen LogP contribution >= 0.6 is 0 Å². The summed E-state index contributed by atoms with van der Waals surface area (Å²) in [5.74, 6) is -0.826. The van der Waals surface area contributed by atoms with Gasteiger partial charge in [0.25, 0.3) is 0 Å². The van der Waals surface area contributed by atoms with Crippen molar-refractivity contribution in [1.29, 1.82) is 5.26 Å². The minimum Gasteiger partial charge on any atom is -0.370 e. The van der Waals surface area contributed by atoms with E-state index in [4.69, 9.17) is 11.0 Å². The molecule has 0 aromatic heterocycles. The van der Waals surface area contributed by atoms with Gasteiger partial charge in [-0.2, -0.15) is 5.26 Å². The quantitative estimate of drug-likeness (QED) is 0.800. The summed E-state index contributed by atoms with van der Waals surface area (Å²) in [5, 5.41) is 11.6. The molecule has 1 aromatic carbocycles. The molecule has 1 amide bonds. The number of hydrogen-bond acceptors (Lipinski definition) is 3. The summed E-state index contributed by atoms with van der Waals surface area (Å²) in [7, 11) is 0. The van der Waals surface area contributed by atoms with Gasteiger partial charge in [-0.25, -0.2) is 4.39 Å². The molecule has 0 aliphatic rings. The standard InChI is InChI=1S/C12H14FN3O/c1-8(4-12(15)17)16-7-10-3-2-9(6-14)5-11(10)13/h2-3,5,8,16H,4,7H2,1H3,(H2,15,17). The number of halogens is 1. The summed E-state index contributed by atoms with van der Waals surface area (Å²) < 4.78 is 13.5. The van der Waals surface area contributed by atoms with Crippen LogP contribution in [0.25, 0.3) is 0 Å². The lowest BCUT2D eigenvalue weighted by Gasteiger charge is -2.12. The highest BCUT2D eigenvalue weighted by atomic mass is 19.1. The predicted molar refractivity (Wildman–Crippen MR) is 61.2 cm³/mol. The Balaban J connectivity index is 2.58. The van der Waals surface area contributed by atoms with Crippen LogP contribution in [0.15, 0.2) is 18.2 Å². The lowest BCUT2D eigenvalue weighted by Crippen LogP contribution is -2.30. The molecule has 4 nitrogen and oxygen atoms in total. The van der Waals surface area contributed by atoms with Gasteiger partial charge in [-0.1, -0.05) is 6.07 Å². The van der Waals surface area contributed by atoms with E-state index >= 15 is 0 Å². The van der Waals surface area contributed by atoms with Gasteiger partial charge in [0, 0.05) is 24.6 Å². The number of benzene rings is 1. The Morgan fingerprint density at radius 1 is 1.65 bits per heavy atom. The molecule has 1 atom stereocenters. The van der Waals surface area contributed by atoms with Crippen molar-refractivity contribution >= 4 is 5.91 Å². The van der Waals surface area contributed by atoms with Gasteiger partial charge >= 0.3 is 0 Å². The van der Waals surface area contributed by atoms with E-state index in [0.29, 0.717) is 12.1 Å². The lowest BCUT2D eigenvalue weighted by atomic mass is 10.1. The second kappa shape index (κ2) is 5.97. The van der Waals surface area contributed by atoms with Gasteiger partial charge in [0.05, 0.1) is 11.6 Å². The molecular formula is C12H14FN3O. The van der Waals surface area contributed by atoms with E-state index in [1.807, 2.05) is 6.07 Å². The number of carbonyl (C=O) groups is 1. The number of hydrogen-bond donors (Lipinski definition) is 2. The second-order valence-corrected chi connectivity index (χ2v) is 3.87. The van der Waals surface area contributed by atoms with Gasteiger partial charge in [0.1, 0.15) is 5.82 Å². The van der Waals surface area contributed by atoms with E-state index in [1.54, 1.807) is 19.1 Å². The summed E-state index contributed by atoms with van der Waals surface area (Å²) in [5.41, 5.74) is 5.79. The van der Waals surface area contributed by atoms with E-state index in [1.165, 1.54) is 6.07 Å². The van der Waals surface area contributed by atoms with Gasteiger partial charge in [-0.05, 0) is 19.1 Å². The van der Waals surface area contributed by atoms with Crippen molar-refractivity contribution in [3.8, 4) is 6.07 Å². The van der Waals surface area contributed by atoms with Crippen molar-refractivity contribution in [3.05, 3.63) is 35.1 Å². The van der Waals surface area contributed by atoms with E-state index in [9.17, 15) is 9.18 Å². The summed E-state index contributed by atoms with van der Waals surface area (Å²) in [4.78, 5) is 10.6. The SMILES string of the molecule is CC(CC(N)=O)NCc1ccc(C#N)cc1F. The Labute approximate surface area is 99.2 Å². The Kier molecular flexibility index (Phi) is 4.61. The lowest BCUT2D eigenvalue weighted by molar-refractivity contribution is -0.118. The highest BCUT2D eigenvalue weighted by Crippen LogP contribution is 2.10. The zero-order valence-corrected chi connectivity index (χ0v) is 9.53. The van der Waals surface area contributed by atoms with Crippen LogP contribution in [0, 0.1) is 17.1 Å². The number of nitrogens with one attached hydrogen (secondary N) is 1. The van der Waals surface area contributed by atoms with Crippen LogP contribution in [0.1, 0.15) is 24.5 Å². The topological polar surface area (TPSA) is 78.9 Å². The maximum atomic E-state index is 13.5. The van der Waals surface area contributed by atoms with Gasteiger partial charge < -0.3 is 11.1 Å². The molecular weight excluding hydrogens is 221 g/mol. The molecule has 1 aromatic rings. The minimum atomic E-state index is -0.428. The number of nitrogens with two attached hydrogens (primary N) is 1. The largest absolute Gasteiger partial charge is 0.370 e. The Hall–Kier alpha value is -1.93. The molecule has 0 fully saturated rings. The molecule has 0 saturated heterocycles. The fraction of sp³-hybridized carbons (Fsp3) is 0.333. The molecule has 0 aliphatic carbocycles. The molecule has 0 saturated carbocycles. The zero-order chi connectivity index (χ0) is 12.8. The Bertz CT molecular complexity index is 454. The van der Waals surface area contributed by atoms with Crippen molar-refractivity contribution in [2.45, 2.75) is 25.9 Å². The van der Waals surface area contributed by atoms with Crippen molar-refractivity contribution in [3.63, 3.8) is 0 Å². The maximum Gasteiger partial charge on any atom is 0.218 e. The number of amides is 1. The normalized spacial score (nSPS) is 11.8. The van der Waals surface area contributed by atoms with E-state index < -0.39 is 11.7 Å². The van der Waals surface area contributed by atoms with E-state index in [0.717, 1.165) is 0 Å². The maximum absolute atomic E-state index is 13.5. The average Bonchev–Trinajstić information content (AvgIpc) is 2.26. The smallest absolute Gasteiger partial charge is 0.218 e. The van der Waals surface area contributed by atoms with E-state index in [2.05, 4.69) is 5.32 Å². The third-order valence-electron chi connectivity index (χ3n) is 2.33. The third kappa shape index (κ3) is 4.21. The molecule has 17 heavy (non-hydrogen) atoms. The van der Waals surface area contributed by atoms with Crippen LogP contribution in [-0.2, 0) is 11.3 Å². The zero-order valence-electron chi connectivity index (χ0n) is 9.53. The summed E-state index contributed by atoms with van der Waals surface area (Å²) >= 11 is 0. The van der Waals surface area contributed by atoms with Crippen molar-refractivity contribution in [2.24, 2.45) is 5.73 Å². The monoisotopic (exact) mass is 235 g/mol. The van der Waals surface area contributed by atoms with Crippen LogP contribution in [0.2, 0.25) is 0 Å². The Morgan fingerprint density at radius 3 is 2.88 bits per heavy atom. The van der Waals surface area contributed by atoms with E-state index in [-0.39, 0.29) is 18.0 Å². The molecule has 0 heterocycles. The first-order valence-electron chi connectivity index (χ1n) is 5.23. The molecule has 5 heteroatoms. The molecule has 1 rings (SSSR count). The number of rotatable bonds is 5. The Morgan fingerprint density at radius 2 is 2.35 bits per heavy atom. The fourth-order valence-electron chi connectivity index (χ4n) is 1.42. The molecule has 0 radical (unpaired) electrons. The summed E-state index contributed by atoms with van der Waals surface area (Å²) in [6, 6.07) is 6.05. The first-order valence-corrected chi connectivity index (χ1v) is 5.23. The second-order valence-electron chi connectivity index (χ2n) is 3.87. The first kappa shape index (κ1) is 13.1. The molecule has 0 spiro atoms. The van der Waals surface area contributed by atoms with Crippen LogP contribution in [0.3, 0.4) is 0 Å². The molecule has 0 aliphatic heterocycles. The molecule has 3 N–H and O–H groups in total. The van der Waals surface area contributed by atoms with Gasteiger partial charge in [0.15, 0.2) is 0 Å². The minimum absolute atomic E-state index is 0.109. The number of nitriles is 1. The van der Waals surface area contributed by atoms with Crippen molar-refractivity contribution < 1.29 is 9.18 Å². The van der Waals surface area contributed by atoms with Crippen LogP contribution in [0.5, 0.6) is 0 Å². The number of carbonyl (C=O) groups excluding carboxylic acids is 1. The number of primary amides is 1. The summed E-state index contributed by atoms with van der Waals surface area (Å²) in [6.07, 6.45) is 0.206. The van der Waals surface area contributed by atoms with Crippen LogP contribution in [-0.4, -0.2) is 11.9 Å². The predicted octanol–water partition coefficient (Wildman–Crippen LogP) is 1.05. The third-order valence-corrected chi connectivity index (χ3v) is 2.33. The van der Waals surface area contributed by atoms with Crippen LogP contribution in [0.4, 0.5) is 4.39 Å².